The Labute approximate surface area is 116 Å². The molecule has 0 aliphatic rings. The quantitative estimate of drug-likeness (QED) is 0.753. The number of aliphatic carboxylic acids is 1. The molecule has 1 rings (SSSR count). The molecule has 2 N–H and O–H groups in total. The van der Waals surface area contributed by atoms with Gasteiger partial charge in [0.1, 0.15) is 0 Å². The second-order valence-corrected chi connectivity index (χ2v) is 4.95. The first-order valence-corrected chi connectivity index (χ1v) is 6.60. The number of aliphatic hydroxyl groups excluding tert-OH is 1. The summed E-state index contributed by atoms with van der Waals surface area (Å²) in [7, 11) is 0. The number of benzene rings is 1. The molecule has 0 heterocycles. The van der Waals surface area contributed by atoms with Gasteiger partial charge in [0.25, 0.3) is 0 Å². The van der Waals surface area contributed by atoms with Gasteiger partial charge in [-0.3, -0.25) is 4.79 Å². The molecule has 100 valence electrons. The van der Waals surface area contributed by atoms with Gasteiger partial charge in [0.05, 0.1) is 16.0 Å². The minimum absolute atomic E-state index is 0.143. The van der Waals surface area contributed by atoms with Crippen LogP contribution in [0.15, 0.2) is 18.2 Å². The van der Waals surface area contributed by atoms with Crippen LogP contribution in [0.25, 0.3) is 0 Å². The summed E-state index contributed by atoms with van der Waals surface area (Å²) in [5.41, 5.74) is 0.667. The number of aliphatic hydroxyl groups is 1. The number of halogens is 2. The van der Waals surface area contributed by atoms with Crippen molar-refractivity contribution in [1.29, 1.82) is 0 Å². The first-order chi connectivity index (χ1) is 8.56. The molecule has 0 radical (unpaired) electrons. The number of hydrogen-bond donors (Lipinski definition) is 2. The molecular weight excluding hydrogens is 275 g/mol. The smallest absolute Gasteiger partial charge is 0.310 e. The summed E-state index contributed by atoms with van der Waals surface area (Å²) in [5.74, 6) is -1.43. The van der Waals surface area contributed by atoms with Gasteiger partial charge in [-0.2, -0.15) is 0 Å². The van der Waals surface area contributed by atoms with Crippen LogP contribution in [0.1, 0.15) is 37.2 Å². The van der Waals surface area contributed by atoms with Crippen molar-refractivity contribution in [2.45, 2.75) is 31.6 Å². The van der Waals surface area contributed by atoms with Crippen LogP contribution in [0, 0.1) is 0 Å². The molecule has 0 aliphatic carbocycles. The van der Waals surface area contributed by atoms with Gasteiger partial charge >= 0.3 is 5.97 Å². The SMILES string of the molecule is O=C(O)C(CCCCCO)c1ccc(Cl)c(Cl)c1. The maximum Gasteiger partial charge on any atom is 0.310 e. The third kappa shape index (κ3) is 4.48. The van der Waals surface area contributed by atoms with E-state index in [9.17, 15) is 9.90 Å². The van der Waals surface area contributed by atoms with Gasteiger partial charge in [-0.15, -0.1) is 0 Å². The molecule has 0 amide bonds. The Bertz CT molecular complexity index is 407. The van der Waals surface area contributed by atoms with E-state index in [-0.39, 0.29) is 6.61 Å². The minimum Gasteiger partial charge on any atom is -0.481 e. The predicted octanol–water partition coefficient (Wildman–Crippen LogP) is 3.71. The van der Waals surface area contributed by atoms with E-state index in [1.54, 1.807) is 18.2 Å². The largest absolute Gasteiger partial charge is 0.481 e. The zero-order valence-electron chi connectivity index (χ0n) is 9.90. The van der Waals surface area contributed by atoms with Crippen molar-refractivity contribution in [3.05, 3.63) is 33.8 Å². The van der Waals surface area contributed by atoms with E-state index in [1.807, 2.05) is 0 Å². The average Bonchev–Trinajstić information content (AvgIpc) is 2.32. The van der Waals surface area contributed by atoms with Crippen molar-refractivity contribution in [3.63, 3.8) is 0 Å². The highest BCUT2D eigenvalue weighted by Gasteiger charge is 2.20. The molecule has 0 saturated carbocycles. The van der Waals surface area contributed by atoms with E-state index in [4.69, 9.17) is 28.3 Å². The second kappa shape index (κ2) is 7.62. The highest BCUT2D eigenvalue weighted by molar-refractivity contribution is 6.42. The zero-order valence-corrected chi connectivity index (χ0v) is 11.4. The summed E-state index contributed by atoms with van der Waals surface area (Å²) in [6.07, 6.45) is 2.82. The van der Waals surface area contributed by atoms with E-state index < -0.39 is 11.9 Å². The highest BCUT2D eigenvalue weighted by atomic mass is 35.5. The fourth-order valence-corrected chi connectivity index (χ4v) is 2.11. The van der Waals surface area contributed by atoms with Crippen LogP contribution in [0.4, 0.5) is 0 Å². The van der Waals surface area contributed by atoms with Crippen LogP contribution in [-0.4, -0.2) is 22.8 Å². The molecule has 0 spiro atoms. The Balaban J connectivity index is 2.71. The third-order valence-electron chi connectivity index (χ3n) is 2.80. The molecule has 1 aromatic rings. The van der Waals surface area contributed by atoms with Crippen LogP contribution < -0.4 is 0 Å². The lowest BCUT2D eigenvalue weighted by Gasteiger charge is -2.13. The monoisotopic (exact) mass is 290 g/mol. The first-order valence-electron chi connectivity index (χ1n) is 5.85. The van der Waals surface area contributed by atoms with E-state index in [1.165, 1.54) is 0 Å². The van der Waals surface area contributed by atoms with Crippen molar-refractivity contribution in [3.8, 4) is 0 Å². The Morgan fingerprint density at radius 1 is 1.17 bits per heavy atom. The lowest BCUT2D eigenvalue weighted by molar-refractivity contribution is -0.139. The summed E-state index contributed by atoms with van der Waals surface area (Å²) >= 11 is 11.7. The Kier molecular flexibility index (Phi) is 6.47. The summed E-state index contributed by atoms with van der Waals surface area (Å²) in [4.78, 5) is 11.2. The van der Waals surface area contributed by atoms with E-state index in [0.717, 1.165) is 12.8 Å². The lowest BCUT2D eigenvalue weighted by atomic mass is 9.93. The second-order valence-electron chi connectivity index (χ2n) is 4.14. The van der Waals surface area contributed by atoms with Gasteiger partial charge in [-0.05, 0) is 30.5 Å². The predicted molar refractivity (Wildman–Crippen MR) is 72.4 cm³/mol. The molecule has 1 aromatic carbocycles. The standard InChI is InChI=1S/C13H16Cl2O3/c14-11-6-5-9(8-12(11)15)10(13(17)18)4-2-1-3-7-16/h5-6,8,10,16H,1-4,7H2,(H,17,18). The number of carboxylic acid groups (broad SMARTS) is 1. The van der Waals surface area contributed by atoms with E-state index in [2.05, 4.69) is 0 Å². The van der Waals surface area contributed by atoms with Crippen molar-refractivity contribution >= 4 is 29.2 Å². The van der Waals surface area contributed by atoms with Gasteiger partial charge < -0.3 is 10.2 Å². The third-order valence-corrected chi connectivity index (χ3v) is 3.53. The van der Waals surface area contributed by atoms with Crippen molar-refractivity contribution < 1.29 is 15.0 Å². The summed E-state index contributed by atoms with van der Waals surface area (Å²) in [6, 6.07) is 4.91. The van der Waals surface area contributed by atoms with Crippen molar-refractivity contribution in [2.24, 2.45) is 0 Å². The molecular formula is C13H16Cl2O3. The van der Waals surface area contributed by atoms with Crippen LogP contribution in [0.3, 0.4) is 0 Å². The number of unbranched alkanes of at least 4 members (excludes halogenated alkanes) is 2. The average molecular weight is 291 g/mol. The molecule has 0 bridgehead atoms. The molecule has 1 unspecified atom stereocenters. The fraction of sp³-hybridized carbons (Fsp3) is 0.462. The Hall–Kier alpha value is -0.770. The number of carbonyl (C=O) groups is 1. The molecule has 18 heavy (non-hydrogen) atoms. The van der Waals surface area contributed by atoms with Gasteiger partial charge in [0, 0.05) is 6.61 Å². The maximum absolute atomic E-state index is 11.2. The van der Waals surface area contributed by atoms with Gasteiger partial charge in [0.2, 0.25) is 0 Å². The van der Waals surface area contributed by atoms with Gasteiger partial charge in [-0.25, -0.2) is 0 Å². The summed E-state index contributed by atoms with van der Waals surface area (Å²) in [6.45, 7) is 0.143. The number of hydrogen-bond acceptors (Lipinski definition) is 2. The van der Waals surface area contributed by atoms with E-state index >= 15 is 0 Å². The molecule has 3 nitrogen and oxygen atoms in total. The maximum atomic E-state index is 11.2. The molecule has 0 saturated heterocycles. The Morgan fingerprint density at radius 3 is 2.44 bits per heavy atom. The summed E-state index contributed by atoms with van der Waals surface area (Å²) < 4.78 is 0. The fourth-order valence-electron chi connectivity index (χ4n) is 1.80. The highest BCUT2D eigenvalue weighted by Crippen LogP contribution is 2.29. The van der Waals surface area contributed by atoms with Crippen LogP contribution in [-0.2, 0) is 4.79 Å². The molecule has 0 aromatic heterocycles. The Morgan fingerprint density at radius 2 is 1.89 bits per heavy atom. The lowest BCUT2D eigenvalue weighted by Crippen LogP contribution is -2.11. The van der Waals surface area contributed by atoms with E-state index in [0.29, 0.717) is 28.5 Å². The van der Waals surface area contributed by atoms with Crippen LogP contribution in [0.2, 0.25) is 10.0 Å². The topological polar surface area (TPSA) is 57.5 Å². The van der Waals surface area contributed by atoms with Gasteiger partial charge in [0.15, 0.2) is 0 Å². The van der Waals surface area contributed by atoms with Crippen LogP contribution in [0.5, 0.6) is 0 Å². The molecule has 0 fully saturated rings. The first kappa shape index (κ1) is 15.3. The number of carboxylic acids is 1. The minimum atomic E-state index is -0.864. The van der Waals surface area contributed by atoms with Crippen molar-refractivity contribution in [2.75, 3.05) is 6.61 Å². The number of rotatable bonds is 7. The molecule has 1 atom stereocenters. The zero-order chi connectivity index (χ0) is 13.5. The normalized spacial score (nSPS) is 12.4. The van der Waals surface area contributed by atoms with Crippen LogP contribution >= 0.6 is 23.2 Å². The molecule has 0 aliphatic heterocycles. The molecule has 5 heteroatoms. The van der Waals surface area contributed by atoms with Crippen molar-refractivity contribution in [1.82, 2.24) is 0 Å². The van der Waals surface area contributed by atoms with Gasteiger partial charge in [-0.1, -0.05) is 42.1 Å². The summed E-state index contributed by atoms with van der Waals surface area (Å²) in [5, 5.41) is 18.7.